The van der Waals surface area contributed by atoms with Gasteiger partial charge in [-0.3, -0.25) is 0 Å². The van der Waals surface area contributed by atoms with Crippen LogP contribution < -0.4 is 0 Å². The molecule has 1 heterocycles. The SMILES string of the molecule is CN(C)CCOCCn1ccc2c1CC(C)(C)CC2O. The van der Waals surface area contributed by atoms with Crippen LogP contribution in [0.25, 0.3) is 0 Å². The van der Waals surface area contributed by atoms with Gasteiger partial charge in [-0.05, 0) is 38.4 Å². The maximum absolute atomic E-state index is 10.2. The van der Waals surface area contributed by atoms with E-state index in [9.17, 15) is 5.11 Å². The summed E-state index contributed by atoms with van der Waals surface area (Å²) < 4.78 is 7.91. The Labute approximate surface area is 122 Å². The maximum atomic E-state index is 10.2. The molecule has 1 atom stereocenters. The summed E-state index contributed by atoms with van der Waals surface area (Å²) in [5, 5.41) is 10.2. The van der Waals surface area contributed by atoms with Crippen molar-refractivity contribution >= 4 is 0 Å². The Morgan fingerprint density at radius 2 is 2.15 bits per heavy atom. The van der Waals surface area contributed by atoms with Crippen molar-refractivity contribution in [1.82, 2.24) is 9.47 Å². The minimum atomic E-state index is -0.315. The number of ether oxygens (including phenoxy) is 1. The van der Waals surface area contributed by atoms with Gasteiger partial charge in [-0.15, -0.1) is 0 Å². The van der Waals surface area contributed by atoms with E-state index in [1.807, 2.05) is 0 Å². The van der Waals surface area contributed by atoms with Crippen LogP contribution in [-0.4, -0.2) is 48.4 Å². The highest BCUT2D eigenvalue weighted by atomic mass is 16.5. The molecular weight excluding hydrogens is 252 g/mol. The Balaban J connectivity index is 1.91. The van der Waals surface area contributed by atoms with Gasteiger partial charge in [-0.25, -0.2) is 0 Å². The molecule has 4 heteroatoms. The highest BCUT2D eigenvalue weighted by molar-refractivity contribution is 5.29. The van der Waals surface area contributed by atoms with Gasteiger partial charge in [-0.2, -0.15) is 0 Å². The Bertz CT molecular complexity index is 438. The van der Waals surface area contributed by atoms with E-state index in [-0.39, 0.29) is 11.5 Å². The average molecular weight is 280 g/mol. The molecule has 0 aliphatic heterocycles. The number of fused-ring (bicyclic) bond motifs is 1. The summed E-state index contributed by atoms with van der Waals surface area (Å²) in [6, 6.07) is 2.06. The lowest BCUT2D eigenvalue weighted by Gasteiger charge is -2.34. The third-order valence-electron chi connectivity index (χ3n) is 4.02. The van der Waals surface area contributed by atoms with Gasteiger partial charge in [-0.1, -0.05) is 13.8 Å². The molecule has 4 nitrogen and oxygen atoms in total. The zero-order chi connectivity index (χ0) is 14.8. The van der Waals surface area contributed by atoms with Crippen molar-refractivity contribution in [3.05, 3.63) is 23.5 Å². The smallest absolute Gasteiger partial charge is 0.0812 e. The molecule has 0 saturated carbocycles. The molecule has 1 N–H and O–H groups in total. The standard InChI is InChI=1S/C16H28N2O2/c1-16(2)11-14-13(15(19)12-16)5-6-18(14)8-10-20-9-7-17(3)4/h5-6,15,19H,7-12H2,1-4H3. The van der Waals surface area contributed by atoms with E-state index in [0.717, 1.165) is 44.7 Å². The molecule has 0 bridgehead atoms. The van der Waals surface area contributed by atoms with Crippen LogP contribution >= 0.6 is 0 Å². The van der Waals surface area contributed by atoms with E-state index < -0.39 is 0 Å². The fraction of sp³-hybridized carbons (Fsp3) is 0.750. The minimum Gasteiger partial charge on any atom is -0.388 e. The predicted molar refractivity (Wildman–Crippen MR) is 80.9 cm³/mol. The van der Waals surface area contributed by atoms with Crippen molar-refractivity contribution in [2.24, 2.45) is 5.41 Å². The zero-order valence-electron chi connectivity index (χ0n) is 13.2. The zero-order valence-corrected chi connectivity index (χ0v) is 13.2. The number of aliphatic hydroxyl groups is 1. The van der Waals surface area contributed by atoms with Gasteiger partial charge in [0.1, 0.15) is 0 Å². The largest absolute Gasteiger partial charge is 0.388 e. The van der Waals surface area contributed by atoms with Gasteiger partial charge >= 0.3 is 0 Å². The average Bonchev–Trinajstić information content (AvgIpc) is 2.70. The lowest BCUT2D eigenvalue weighted by atomic mass is 9.75. The molecule has 0 fully saturated rings. The fourth-order valence-corrected chi connectivity index (χ4v) is 2.91. The second-order valence-corrected chi connectivity index (χ2v) is 6.89. The van der Waals surface area contributed by atoms with Crippen molar-refractivity contribution in [1.29, 1.82) is 0 Å². The first-order chi connectivity index (χ1) is 9.39. The topological polar surface area (TPSA) is 37.6 Å². The number of rotatable bonds is 6. The van der Waals surface area contributed by atoms with Gasteiger partial charge in [0.2, 0.25) is 0 Å². The van der Waals surface area contributed by atoms with Gasteiger partial charge in [0, 0.05) is 30.5 Å². The van der Waals surface area contributed by atoms with Gasteiger partial charge in [0.25, 0.3) is 0 Å². The van der Waals surface area contributed by atoms with Crippen molar-refractivity contribution in [2.75, 3.05) is 33.9 Å². The van der Waals surface area contributed by atoms with E-state index in [1.165, 1.54) is 5.69 Å². The van der Waals surface area contributed by atoms with Gasteiger partial charge in [0.05, 0.1) is 19.3 Å². The van der Waals surface area contributed by atoms with Crippen LogP contribution in [0.1, 0.15) is 37.6 Å². The normalized spacial score (nSPS) is 21.2. The van der Waals surface area contributed by atoms with E-state index in [2.05, 4.69) is 49.7 Å². The third kappa shape index (κ3) is 3.84. The van der Waals surface area contributed by atoms with Crippen LogP contribution in [0, 0.1) is 5.41 Å². The number of likely N-dealkylation sites (N-methyl/N-ethyl adjacent to an activating group) is 1. The molecule has 20 heavy (non-hydrogen) atoms. The first-order valence-corrected chi connectivity index (χ1v) is 7.47. The molecule has 0 radical (unpaired) electrons. The van der Waals surface area contributed by atoms with Gasteiger partial charge in [0.15, 0.2) is 0 Å². The third-order valence-corrected chi connectivity index (χ3v) is 4.02. The molecule has 1 aromatic rings. The van der Waals surface area contributed by atoms with Crippen molar-refractivity contribution in [2.45, 2.75) is 39.3 Å². The second kappa shape index (κ2) is 6.29. The van der Waals surface area contributed by atoms with E-state index in [4.69, 9.17) is 4.74 Å². The van der Waals surface area contributed by atoms with Crippen LogP contribution in [0.4, 0.5) is 0 Å². The fourth-order valence-electron chi connectivity index (χ4n) is 2.91. The van der Waals surface area contributed by atoms with E-state index in [0.29, 0.717) is 0 Å². The molecule has 0 amide bonds. The number of aliphatic hydroxyl groups excluding tert-OH is 1. The number of hydrogen-bond donors (Lipinski definition) is 1. The summed E-state index contributed by atoms with van der Waals surface area (Å²) in [6.07, 6.45) is 3.66. The number of hydrogen-bond acceptors (Lipinski definition) is 3. The van der Waals surface area contributed by atoms with Crippen LogP contribution in [0.2, 0.25) is 0 Å². The van der Waals surface area contributed by atoms with Crippen LogP contribution in [0.5, 0.6) is 0 Å². The van der Waals surface area contributed by atoms with Crippen molar-refractivity contribution < 1.29 is 9.84 Å². The monoisotopic (exact) mass is 280 g/mol. The summed E-state index contributed by atoms with van der Waals surface area (Å²) >= 11 is 0. The number of nitrogens with zero attached hydrogens (tertiary/aromatic N) is 2. The van der Waals surface area contributed by atoms with E-state index >= 15 is 0 Å². The molecule has 1 aliphatic rings. The lowest BCUT2D eigenvalue weighted by molar-refractivity contribution is 0.0937. The quantitative estimate of drug-likeness (QED) is 0.811. The van der Waals surface area contributed by atoms with Crippen LogP contribution in [0.15, 0.2) is 12.3 Å². The molecule has 0 aromatic carbocycles. The second-order valence-electron chi connectivity index (χ2n) is 6.89. The molecule has 2 rings (SSSR count). The first-order valence-electron chi connectivity index (χ1n) is 7.47. The maximum Gasteiger partial charge on any atom is 0.0812 e. The minimum absolute atomic E-state index is 0.175. The predicted octanol–water partition coefficient (Wildman–Crippen LogP) is 2.07. The van der Waals surface area contributed by atoms with Crippen LogP contribution in [0.3, 0.4) is 0 Å². The Morgan fingerprint density at radius 3 is 2.85 bits per heavy atom. The summed E-state index contributed by atoms with van der Waals surface area (Å²) in [5.74, 6) is 0. The Hall–Kier alpha value is -0.840. The van der Waals surface area contributed by atoms with Crippen molar-refractivity contribution in [3.8, 4) is 0 Å². The molecule has 114 valence electrons. The lowest BCUT2D eigenvalue weighted by Crippen LogP contribution is -2.27. The highest BCUT2D eigenvalue weighted by Gasteiger charge is 2.32. The summed E-state index contributed by atoms with van der Waals surface area (Å²) in [6.45, 7) is 7.77. The molecule has 0 spiro atoms. The summed E-state index contributed by atoms with van der Waals surface area (Å²) in [7, 11) is 4.10. The summed E-state index contributed by atoms with van der Waals surface area (Å²) in [5.41, 5.74) is 2.57. The number of aromatic nitrogens is 1. The molecule has 1 unspecified atom stereocenters. The summed E-state index contributed by atoms with van der Waals surface area (Å²) in [4.78, 5) is 2.12. The molecule has 1 aromatic heterocycles. The van der Waals surface area contributed by atoms with Crippen molar-refractivity contribution in [3.63, 3.8) is 0 Å². The van der Waals surface area contributed by atoms with Crippen LogP contribution in [-0.2, 0) is 17.7 Å². The highest BCUT2D eigenvalue weighted by Crippen LogP contribution is 2.40. The Morgan fingerprint density at radius 1 is 1.40 bits per heavy atom. The molecular formula is C16H28N2O2. The molecule has 1 aliphatic carbocycles. The first kappa shape index (κ1) is 15.5. The molecule has 0 saturated heterocycles. The Kier molecular flexibility index (Phi) is 4.89. The van der Waals surface area contributed by atoms with Gasteiger partial charge < -0.3 is 19.3 Å². The van der Waals surface area contributed by atoms with E-state index in [1.54, 1.807) is 0 Å².